The molecule has 7 heterocycles. The van der Waals surface area contributed by atoms with Crippen molar-refractivity contribution in [1.29, 1.82) is 0 Å². The summed E-state index contributed by atoms with van der Waals surface area (Å²) in [7, 11) is 0. The van der Waals surface area contributed by atoms with Crippen molar-refractivity contribution in [2.24, 2.45) is 0 Å². The number of carbonyl (C=O) groups excluding carboxylic acids is 2. The van der Waals surface area contributed by atoms with E-state index in [1.807, 2.05) is 267 Å². The molecule has 20 aromatic rings. The van der Waals surface area contributed by atoms with E-state index in [4.69, 9.17) is 48.1 Å². The molecular formula is C112H100N18O8S. The highest BCUT2D eigenvalue weighted by molar-refractivity contribution is 8.00. The van der Waals surface area contributed by atoms with Gasteiger partial charge in [0.2, 0.25) is 0 Å². The highest BCUT2D eigenvalue weighted by Gasteiger charge is 2.42. The molecule has 3 atom stereocenters. The largest absolute Gasteiger partial charge is 0.399 e. The van der Waals surface area contributed by atoms with E-state index in [0.29, 0.717) is 46.2 Å². The first-order chi connectivity index (χ1) is 67.8. The molecule has 139 heavy (non-hydrogen) atoms. The second-order valence-corrected chi connectivity index (χ2v) is 35.5. The number of nitrogen functional groups attached to an aromatic ring is 4. The number of non-ortho nitro benzene ring substituents is 2. The first kappa shape index (κ1) is 92.3. The number of nitro benzene ring substituents is 2. The number of nitrogens with one attached hydrogen (secondary N) is 7. The third-order valence-corrected chi connectivity index (χ3v) is 26.1. The molecule has 3 unspecified atom stereocenters. The average molecular weight is 1860 g/mol. The number of rotatable bonds is 25. The predicted molar refractivity (Wildman–Crippen MR) is 569 cm³/mol. The molecular weight excluding hydrogens is 1760 g/mol. The Morgan fingerprint density at radius 1 is 0.345 bits per heavy atom. The summed E-state index contributed by atoms with van der Waals surface area (Å²) in [5.41, 5.74) is 47.6. The van der Waals surface area contributed by atoms with E-state index in [9.17, 15) is 29.8 Å². The van der Waals surface area contributed by atoms with Gasteiger partial charge in [0.15, 0.2) is 0 Å². The number of unbranched alkanes of at least 4 members (excludes halogenated alkanes) is 1. The number of nitro groups is 2. The average Bonchev–Trinajstić information content (AvgIpc) is 1.44. The van der Waals surface area contributed by atoms with Gasteiger partial charge in [0, 0.05) is 166 Å². The maximum atomic E-state index is 12.6. The van der Waals surface area contributed by atoms with Gasteiger partial charge in [-0.25, -0.2) is 29.7 Å². The SMILES string of the molecule is Nc1ccc(Nc2c3ccccc3nc3cc(N)ccc23)cc1.Nc1ccc(Nc2c3ccccc3nc3cc([N+](=O)[O-])ccc23)cc1.Nc1ccc2c(Nc3ccc(CCCO)cc3)c3ccccc3nc2c1.O=C(CCCCC1SCC2NC(=O)NC21)Cc1ccc(Nc2c3ccccc3nc3ccccc23)cc1.O=[N+]([O-])c1ccc2c(Nc3ccc(CCCO)cc3)c3ccccc3nc2c1. The summed E-state index contributed by atoms with van der Waals surface area (Å²) in [5.74, 6) is 1.26. The molecule has 26 nitrogen and oxygen atoms in total. The van der Waals surface area contributed by atoms with Gasteiger partial charge in [-0.15, -0.1) is 0 Å². The van der Waals surface area contributed by atoms with Crippen molar-refractivity contribution in [3.8, 4) is 0 Å². The van der Waals surface area contributed by atoms with Crippen LogP contribution in [0.5, 0.6) is 0 Å². The van der Waals surface area contributed by atoms with Gasteiger partial charge >= 0.3 is 6.03 Å². The van der Waals surface area contributed by atoms with Crippen LogP contribution in [0.3, 0.4) is 0 Å². The molecule has 692 valence electrons. The highest BCUT2D eigenvalue weighted by atomic mass is 32.2. The maximum Gasteiger partial charge on any atom is 0.315 e. The Morgan fingerprint density at radius 3 is 0.964 bits per heavy atom. The first-order valence-electron chi connectivity index (χ1n) is 46.0. The number of hydrogen-bond acceptors (Lipinski definition) is 23. The van der Waals surface area contributed by atoms with E-state index in [0.717, 1.165) is 217 Å². The van der Waals surface area contributed by atoms with Crippen molar-refractivity contribution in [2.75, 3.05) is 68.5 Å². The number of aliphatic hydroxyl groups excluding tert-OH is 2. The number of aliphatic hydroxyl groups is 2. The van der Waals surface area contributed by atoms with Gasteiger partial charge in [-0.2, -0.15) is 11.8 Å². The van der Waals surface area contributed by atoms with Gasteiger partial charge < -0.3 is 70.4 Å². The zero-order valence-corrected chi connectivity index (χ0v) is 76.6. The van der Waals surface area contributed by atoms with Gasteiger partial charge in [-0.3, -0.25) is 25.0 Å². The number of aromatic nitrogens is 5. The number of fused-ring (bicyclic) bond motifs is 11. The molecule has 0 saturated carbocycles. The quantitative estimate of drug-likeness (QED) is 0.00631. The van der Waals surface area contributed by atoms with Crippen LogP contribution in [0.15, 0.2) is 340 Å². The molecule has 22 rings (SSSR count). The minimum atomic E-state index is -0.413. The molecule has 2 fully saturated rings. The van der Waals surface area contributed by atoms with E-state index in [1.54, 1.807) is 12.1 Å². The monoisotopic (exact) mass is 1860 g/mol. The highest BCUT2D eigenvalue weighted by Crippen LogP contribution is 2.42. The number of ketones is 1. The Kier molecular flexibility index (Phi) is 28.3. The fourth-order valence-corrected chi connectivity index (χ4v) is 19.1. The van der Waals surface area contributed by atoms with Crippen molar-refractivity contribution in [3.63, 3.8) is 0 Å². The Morgan fingerprint density at radius 2 is 0.633 bits per heavy atom. The molecule has 2 amide bonds. The number of carbonyl (C=O) groups is 2. The third-order valence-electron chi connectivity index (χ3n) is 24.6. The number of benzene rings is 15. The number of pyridine rings is 5. The van der Waals surface area contributed by atoms with E-state index in [-0.39, 0.29) is 48.5 Å². The second kappa shape index (κ2) is 42.6. The number of amides is 2. The summed E-state index contributed by atoms with van der Waals surface area (Å²) in [4.78, 5) is 69.0. The lowest BCUT2D eigenvalue weighted by molar-refractivity contribution is -0.384. The van der Waals surface area contributed by atoms with Gasteiger partial charge in [-0.05, 0) is 225 Å². The van der Waals surface area contributed by atoms with Crippen LogP contribution < -0.4 is 60.2 Å². The van der Waals surface area contributed by atoms with Crippen LogP contribution in [0, 0.1) is 20.2 Å². The lowest BCUT2D eigenvalue weighted by atomic mass is 10.0. The van der Waals surface area contributed by atoms with Crippen LogP contribution in [0.2, 0.25) is 0 Å². The van der Waals surface area contributed by atoms with Crippen LogP contribution in [0.4, 0.5) is 95.8 Å². The van der Waals surface area contributed by atoms with E-state index in [1.165, 1.54) is 35.4 Å². The van der Waals surface area contributed by atoms with Crippen LogP contribution in [0.1, 0.15) is 55.2 Å². The summed E-state index contributed by atoms with van der Waals surface area (Å²) in [6.07, 6.45) is 7.27. The van der Waals surface area contributed by atoms with Crippen LogP contribution >= 0.6 is 11.8 Å². The zero-order chi connectivity index (χ0) is 95.8. The number of para-hydroxylation sites is 6. The summed E-state index contributed by atoms with van der Waals surface area (Å²) >= 11 is 1.93. The Bertz CT molecular complexity index is 7890. The Balaban J connectivity index is 0.000000116. The normalized spacial score (nSPS) is 13.5. The molecule has 27 heteroatoms. The van der Waals surface area contributed by atoms with Gasteiger partial charge in [-0.1, -0.05) is 152 Å². The molecule has 15 aromatic carbocycles. The number of anilines is 14. The number of nitrogens with zero attached hydrogens (tertiary/aromatic N) is 7. The topological polar surface area (TPSA) is 414 Å². The molecule has 17 N–H and O–H groups in total. The van der Waals surface area contributed by atoms with Crippen molar-refractivity contribution in [1.82, 2.24) is 35.6 Å². The summed E-state index contributed by atoms with van der Waals surface area (Å²) in [5, 5.41) is 74.1. The van der Waals surface area contributed by atoms with Crippen LogP contribution in [-0.4, -0.2) is 93.1 Å². The molecule has 0 aliphatic carbocycles. The molecule has 2 saturated heterocycles. The third kappa shape index (κ3) is 22.0. The summed E-state index contributed by atoms with van der Waals surface area (Å²) < 4.78 is 0. The number of nitrogens with two attached hydrogens (primary N) is 4. The van der Waals surface area contributed by atoms with Crippen LogP contribution in [-0.2, 0) is 24.1 Å². The number of thioether (sulfide) groups is 1. The van der Waals surface area contributed by atoms with Gasteiger partial charge in [0.05, 0.1) is 106 Å². The predicted octanol–water partition coefficient (Wildman–Crippen LogP) is 24.5. The fraction of sp³-hybridized carbons (Fsp3) is 0.134. The standard InChI is InChI=1S/C30H30N4O2S.C22H19N3O3.C22H21N3O.C19H14N4O2.C19H16N4/c35-21(7-1-6-12-27-29-26(18-37-27)33-30(36)34-29)17-19-13-15-20(16-14-19)31-28-22-8-2-4-10-24(22)32-25-11-5-3-9-23(25)28;26-13-3-4-15-7-9-16(10-8-15)23-22-18-5-1-2-6-20(18)24-21-14-17(25(27)28)11-12-19(21)22;23-16-9-12-19-21(14-16)25-20-6-2-1-5-18(20)22(19)24-17-10-7-15(8-11-17)4-3-13-26;20-12-5-7-13(8-6-12)21-19-15-3-1-2-4-17(15)22-18-11-14(23(24)25)9-10-16(18)19;20-12-5-8-14(9-6-12)22-19-15-3-1-2-4-17(15)23-18-11-13(21)7-10-16(18)19/h2-5,8-11,13-16,26-27,29H,1,6-7,12,17-18H2,(H,31,32)(H2,33,34,36);1-2,5-12,14,26H,3-4,13H2,(H,23,24);1-2,5-12,14,26H,3-4,13,23H2,(H,24,25);1-11H,20H2,(H,21,22);1-11H,20-21H2,(H,22,23). The zero-order valence-electron chi connectivity index (χ0n) is 75.7. The number of urea groups is 1. The van der Waals surface area contributed by atoms with Crippen molar-refractivity contribution in [3.05, 3.63) is 377 Å². The molecule has 5 aromatic heterocycles. The smallest absolute Gasteiger partial charge is 0.315 e. The van der Waals surface area contributed by atoms with Gasteiger partial charge in [0.25, 0.3) is 11.4 Å². The lowest BCUT2D eigenvalue weighted by Crippen LogP contribution is -2.36. The summed E-state index contributed by atoms with van der Waals surface area (Å²) in [6.45, 7) is 0.402. The van der Waals surface area contributed by atoms with Crippen LogP contribution in [0.25, 0.3) is 109 Å². The number of aryl methyl sites for hydroxylation is 2. The Hall–Kier alpha value is -17.1. The Labute approximate surface area is 804 Å². The minimum Gasteiger partial charge on any atom is -0.399 e. The van der Waals surface area contributed by atoms with Crippen molar-refractivity contribution >= 4 is 224 Å². The summed E-state index contributed by atoms with van der Waals surface area (Å²) in [6, 6.07) is 109. The second-order valence-electron chi connectivity index (χ2n) is 34.2. The fourth-order valence-electron chi connectivity index (χ4n) is 17.6. The number of hydrogen-bond donors (Lipinski definition) is 13. The maximum absolute atomic E-state index is 12.6. The first-order valence-corrected chi connectivity index (χ1v) is 47.0. The van der Waals surface area contributed by atoms with Crippen molar-refractivity contribution < 1.29 is 29.6 Å². The molecule has 0 spiro atoms. The van der Waals surface area contributed by atoms with E-state index < -0.39 is 9.85 Å². The molecule has 2 aliphatic heterocycles. The lowest BCUT2D eigenvalue weighted by Gasteiger charge is -2.16. The van der Waals surface area contributed by atoms with Gasteiger partial charge in [0.1, 0.15) is 5.78 Å². The van der Waals surface area contributed by atoms with E-state index >= 15 is 0 Å². The minimum absolute atomic E-state index is 0.0220. The number of Topliss-reactive ketones (excluding diaryl/α,β-unsaturated/α-hetero) is 1. The molecule has 0 bridgehead atoms. The molecule has 0 radical (unpaired) electrons. The molecule has 2 aliphatic rings. The van der Waals surface area contributed by atoms with Crippen molar-refractivity contribution in [2.45, 2.75) is 75.1 Å². The van der Waals surface area contributed by atoms with E-state index in [2.05, 4.69) is 95.7 Å².